The van der Waals surface area contributed by atoms with Gasteiger partial charge < -0.3 is 15.3 Å². The second kappa shape index (κ2) is 7.16. The minimum atomic E-state index is -5.83. The number of rotatable bonds is 3. The van der Waals surface area contributed by atoms with Crippen molar-refractivity contribution < 1.29 is 41.7 Å². The maximum Gasteiger partial charge on any atom is 0.411 e. The molecule has 0 saturated heterocycles. The molecule has 3 N–H and O–H groups in total. The highest BCUT2D eigenvalue weighted by Crippen LogP contribution is 2.58. The number of phenolic OH excluding ortho intramolecular Hbond substituents is 3. The Hall–Kier alpha value is -3.36. The van der Waals surface area contributed by atoms with Gasteiger partial charge in [-0.3, -0.25) is 0 Å². The van der Waals surface area contributed by atoms with Gasteiger partial charge >= 0.3 is 12.4 Å². The number of phenols is 3. The van der Waals surface area contributed by atoms with Gasteiger partial charge in [-0.2, -0.15) is 26.3 Å². The van der Waals surface area contributed by atoms with Crippen LogP contribution in [0.15, 0.2) is 66.7 Å². The van der Waals surface area contributed by atoms with Crippen LogP contribution in [0.5, 0.6) is 17.2 Å². The monoisotopic (exact) mass is 428 g/mol. The van der Waals surface area contributed by atoms with Crippen LogP contribution in [0.2, 0.25) is 0 Å². The van der Waals surface area contributed by atoms with Crippen LogP contribution in [-0.4, -0.2) is 27.7 Å². The van der Waals surface area contributed by atoms with E-state index in [1.54, 1.807) is 0 Å². The van der Waals surface area contributed by atoms with Crippen LogP contribution in [0.1, 0.15) is 11.1 Å². The van der Waals surface area contributed by atoms with E-state index in [0.717, 1.165) is 48.5 Å². The second-order valence-electron chi connectivity index (χ2n) is 6.57. The molecule has 0 atom stereocenters. The lowest BCUT2D eigenvalue weighted by molar-refractivity contribution is -0.288. The zero-order valence-electron chi connectivity index (χ0n) is 15.0. The first-order chi connectivity index (χ1) is 13.9. The van der Waals surface area contributed by atoms with Crippen LogP contribution >= 0.6 is 0 Å². The fraction of sp³-hybridized carbons (Fsp3) is 0.143. The Morgan fingerprint density at radius 2 is 0.967 bits per heavy atom. The number of alkyl halides is 6. The van der Waals surface area contributed by atoms with Gasteiger partial charge in [0.25, 0.3) is 0 Å². The fourth-order valence-electron chi connectivity index (χ4n) is 3.40. The normalized spacial score (nSPS) is 12.7. The Morgan fingerprint density at radius 1 is 0.533 bits per heavy atom. The van der Waals surface area contributed by atoms with Gasteiger partial charge in [0, 0.05) is 0 Å². The first-order valence-electron chi connectivity index (χ1n) is 8.44. The molecule has 0 aliphatic carbocycles. The minimum absolute atomic E-state index is 0.0737. The molecule has 158 valence electrons. The fourth-order valence-corrected chi connectivity index (χ4v) is 3.40. The summed E-state index contributed by atoms with van der Waals surface area (Å²) in [7, 11) is 0. The van der Waals surface area contributed by atoms with Crippen molar-refractivity contribution in [2.45, 2.75) is 17.8 Å². The van der Waals surface area contributed by atoms with Gasteiger partial charge in [0.1, 0.15) is 17.2 Å². The molecule has 3 aromatic rings. The topological polar surface area (TPSA) is 60.7 Å². The molecule has 0 fully saturated rings. The number of benzene rings is 3. The van der Waals surface area contributed by atoms with E-state index in [9.17, 15) is 41.7 Å². The average molecular weight is 428 g/mol. The molecule has 0 bridgehead atoms. The Labute approximate surface area is 166 Å². The van der Waals surface area contributed by atoms with Gasteiger partial charge in [-0.15, -0.1) is 0 Å². The van der Waals surface area contributed by atoms with Crippen molar-refractivity contribution in [1.82, 2.24) is 0 Å². The van der Waals surface area contributed by atoms with Gasteiger partial charge in [0.2, 0.25) is 5.41 Å². The van der Waals surface area contributed by atoms with Crippen molar-refractivity contribution in [3.63, 3.8) is 0 Å². The Balaban J connectivity index is 2.47. The van der Waals surface area contributed by atoms with Gasteiger partial charge in [-0.25, -0.2) is 0 Å². The first kappa shape index (κ1) is 21.4. The predicted octanol–water partition coefficient (Wildman–Crippen LogP) is 5.88. The van der Waals surface area contributed by atoms with E-state index in [2.05, 4.69) is 0 Å². The zero-order chi connectivity index (χ0) is 22.3. The standard InChI is InChI=1S/C21H14F6O3/c22-20(23,24)19(21(25,26)27,13-3-7-15(29)8-4-13)18-10-9-16(30)11-17(18)12-1-5-14(28)6-2-12/h1-11,28-30H. The van der Waals surface area contributed by atoms with Crippen LogP contribution in [0.4, 0.5) is 26.3 Å². The Kier molecular flexibility index (Phi) is 5.09. The van der Waals surface area contributed by atoms with Crippen LogP contribution in [0, 0.1) is 0 Å². The third-order valence-corrected chi connectivity index (χ3v) is 4.74. The van der Waals surface area contributed by atoms with E-state index in [1.807, 2.05) is 0 Å². The van der Waals surface area contributed by atoms with Crippen molar-refractivity contribution in [3.8, 4) is 28.4 Å². The molecule has 0 amide bonds. The van der Waals surface area contributed by atoms with Crippen molar-refractivity contribution in [2.24, 2.45) is 0 Å². The third-order valence-electron chi connectivity index (χ3n) is 4.74. The molecule has 0 aromatic heterocycles. The Bertz CT molecular complexity index is 1020. The van der Waals surface area contributed by atoms with Crippen LogP contribution < -0.4 is 0 Å². The summed E-state index contributed by atoms with van der Waals surface area (Å²) in [5, 5.41) is 28.6. The van der Waals surface area contributed by atoms with Gasteiger partial charge in [0.05, 0.1) is 0 Å². The van der Waals surface area contributed by atoms with E-state index < -0.39 is 46.0 Å². The molecule has 0 radical (unpaired) electrons. The van der Waals surface area contributed by atoms with Crippen molar-refractivity contribution in [3.05, 3.63) is 77.9 Å². The van der Waals surface area contributed by atoms with E-state index >= 15 is 0 Å². The van der Waals surface area contributed by atoms with Crippen LogP contribution in [-0.2, 0) is 5.41 Å². The summed E-state index contributed by atoms with van der Waals surface area (Å²) >= 11 is 0. The van der Waals surface area contributed by atoms with Gasteiger partial charge in [-0.05, 0) is 58.7 Å². The number of hydrogen-bond acceptors (Lipinski definition) is 3. The predicted molar refractivity (Wildman–Crippen MR) is 96.2 cm³/mol. The highest BCUT2D eigenvalue weighted by molar-refractivity contribution is 5.73. The van der Waals surface area contributed by atoms with E-state index in [1.165, 1.54) is 0 Å². The van der Waals surface area contributed by atoms with Crippen LogP contribution in [0.3, 0.4) is 0 Å². The van der Waals surface area contributed by atoms with Crippen molar-refractivity contribution >= 4 is 0 Å². The average Bonchev–Trinajstić information content (AvgIpc) is 2.63. The lowest BCUT2D eigenvalue weighted by atomic mass is 9.70. The molecule has 9 heteroatoms. The quantitative estimate of drug-likeness (QED) is 0.457. The first-order valence-corrected chi connectivity index (χ1v) is 8.44. The summed E-state index contributed by atoms with van der Waals surface area (Å²) in [5.74, 6) is -1.27. The van der Waals surface area contributed by atoms with E-state index in [-0.39, 0.29) is 11.3 Å². The molecule has 3 nitrogen and oxygen atoms in total. The molecule has 0 aliphatic rings. The molecule has 0 spiro atoms. The smallest absolute Gasteiger partial charge is 0.411 e. The summed E-state index contributed by atoms with van der Waals surface area (Å²) in [6.07, 6.45) is -11.7. The number of halogens is 6. The van der Waals surface area contributed by atoms with Gasteiger partial charge in [-0.1, -0.05) is 30.3 Å². The minimum Gasteiger partial charge on any atom is -0.508 e. The third kappa shape index (κ3) is 3.40. The summed E-state index contributed by atoms with van der Waals surface area (Å²) in [6.45, 7) is 0. The Morgan fingerprint density at radius 3 is 1.43 bits per heavy atom. The summed E-state index contributed by atoms with van der Waals surface area (Å²) in [6, 6.07) is 9.20. The highest BCUT2D eigenvalue weighted by atomic mass is 19.4. The molecule has 0 saturated carbocycles. The maximum absolute atomic E-state index is 14.3. The van der Waals surface area contributed by atoms with E-state index in [0.29, 0.717) is 18.2 Å². The molecule has 30 heavy (non-hydrogen) atoms. The molecule has 0 unspecified atom stereocenters. The molecule has 3 rings (SSSR count). The van der Waals surface area contributed by atoms with Gasteiger partial charge in [0.15, 0.2) is 0 Å². The van der Waals surface area contributed by atoms with Crippen molar-refractivity contribution in [2.75, 3.05) is 0 Å². The SMILES string of the molecule is Oc1ccc(-c2cc(O)ccc2C(c2ccc(O)cc2)(C(F)(F)F)C(F)(F)F)cc1. The summed E-state index contributed by atoms with van der Waals surface area (Å²) in [4.78, 5) is 0. The summed E-state index contributed by atoms with van der Waals surface area (Å²) < 4.78 is 85.9. The lowest BCUT2D eigenvalue weighted by Gasteiger charge is -2.39. The van der Waals surface area contributed by atoms with E-state index in [4.69, 9.17) is 0 Å². The maximum atomic E-state index is 14.3. The number of hydrogen-bond donors (Lipinski definition) is 3. The molecule has 3 aromatic carbocycles. The summed E-state index contributed by atoms with van der Waals surface area (Å²) in [5.41, 5.74) is -7.34. The highest BCUT2D eigenvalue weighted by Gasteiger charge is 2.73. The largest absolute Gasteiger partial charge is 0.508 e. The molecule has 0 heterocycles. The second-order valence-corrected chi connectivity index (χ2v) is 6.57. The molecule has 0 aliphatic heterocycles. The zero-order valence-corrected chi connectivity index (χ0v) is 15.0. The molecular formula is C21H14F6O3. The van der Waals surface area contributed by atoms with Crippen LogP contribution in [0.25, 0.3) is 11.1 Å². The van der Waals surface area contributed by atoms with Crippen molar-refractivity contribution in [1.29, 1.82) is 0 Å². The lowest BCUT2D eigenvalue weighted by Crippen LogP contribution is -2.55. The number of aromatic hydroxyl groups is 3. The molecular weight excluding hydrogens is 414 g/mol.